The minimum atomic E-state index is 0.589. The second kappa shape index (κ2) is 4.58. The molecule has 0 bridgehead atoms. The van der Waals surface area contributed by atoms with Crippen LogP contribution in [0.25, 0.3) is 0 Å². The molecule has 0 aliphatic carbocycles. The van der Waals surface area contributed by atoms with Crippen LogP contribution in [0.5, 0.6) is 0 Å². The molecule has 0 saturated heterocycles. The van der Waals surface area contributed by atoms with E-state index in [0.717, 1.165) is 12.3 Å². The fraction of sp³-hybridized carbons (Fsp3) is 0.556. The molecule has 0 saturated carbocycles. The number of rotatable bonds is 4. The van der Waals surface area contributed by atoms with Crippen molar-refractivity contribution in [1.29, 1.82) is 0 Å². The third kappa shape index (κ3) is 2.57. The number of hydrogen-bond acceptors (Lipinski definition) is 3. The Morgan fingerprint density at radius 2 is 2.42 bits per heavy atom. The summed E-state index contributed by atoms with van der Waals surface area (Å²) in [5.41, 5.74) is 0. The molecule has 1 rings (SSSR count). The van der Waals surface area contributed by atoms with E-state index >= 15 is 0 Å². The highest BCUT2D eigenvalue weighted by Crippen LogP contribution is 2.26. The van der Waals surface area contributed by atoms with Gasteiger partial charge in [-0.3, -0.25) is 0 Å². The van der Waals surface area contributed by atoms with Crippen molar-refractivity contribution in [3.63, 3.8) is 0 Å². The first kappa shape index (κ1) is 9.68. The number of aryl methyl sites for hydroxylation is 1. The Balaban J connectivity index is 2.46. The van der Waals surface area contributed by atoms with Gasteiger partial charge in [-0.05, 0) is 20.0 Å². The SMILES string of the molecule is CNCC(C)Sc1ccoc1C. The van der Waals surface area contributed by atoms with Gasteiger partial charge in [0, 0.05) is 16.7 Å². The van der Waals surface area contributed by atoms with Crippen LogP contribution in [0, 0.1) is 6.92 Å². The van der Waals surface area contributed by atoms with Crippen molar-refractivity contribution in [3.05, 3.63) is 18.1 Å². The molecule has 1 aromatic heterocycles. The van der Waals surface area contributed by atoms with Crippen LogP contribution >= 0.6 is 11.8 Å². The maximum Gasteiger partial charge on any atom is 0.114 e. The molecule has 1 aromatic rings. The van der Waals surface area contributed by atoms with Crippen molar-refractivity contribution >= 4 is 11.8 Å². The van der Waals surface area contributed by atoms with Crippen LogP contribution in [0.2, 0.25) is 0 Å². The predicted molar refractivity (Wildman–Crippen MR) is 52.7 cm³/mol. The molecular weight excluding hydrogens is 170 g/mol. The van der Waals surface area contributed by atoms with Gasteiger partial charge < -0.3 is 9.73 Å². The summed E-state index contributed by atoms with van der Waals surface area (Å²) in [5.74, 6) is 1.02. The molecule has 2 nitrogen and oxygen atoms in total. The maximum absolute atomic E-state index is 5.20. The van der Waals surface area contributed by atoms with Crippen molar-refractivity contribution in [1.82, 2.24) is 5.32 Å². The van der Waals surface area contributed by atoms with E-state index in [4.69, 9.17) is 4.42 Å². The van der Waals surface area contributed by atoms with E-state index in [1.807, 2.05) is 31.8 Å². The van der Waals surface area contributed by atoms with Crippen LogP contribution in [0.15, 0.2) is 21.6 Å². The number of hydrogen-bond donors (Lipinski definition) is 1. The van der Waals surface area contributed by atoms with Crippen molar-refractivity contribution in [3.8, 4) is 0 Å². The van der Waals surface area contributed by atoms with Crippen LogP contribution in [-0.2, 0) is 0 Å². The zero-order chi connectivity index (χ0) is 8.97. The molecule has 0 radical (unpaired) electrons. The smallest absolute Gasteiger partial charge is 0.114 e. The number of nitrogens with one attached hydrogen (secondary N) is 1. The average Bonchev–Trinajstić information content (AvgIpc) is 2.37. The van der Waals surface area contributed by atoms with E-state index < -0.39 is 0 Å². The normalized spacial score (nSPS) is 13.2. The maximum atomic E-state index is 5.20. The van der Waals surface area contributed by atoms with Crippen LogP contribution in [0.1, 0.15) is 12.7 Å². The van der Waals surface area contributed by atoms with E-state index in [-0.39, 0.29) is 0 Å². The molecule has 0 spiro atoms. The summed E-state index contributed by atoms with van der Waals surface area (Å²) in [6.45, 7) is 5.22. The predicted octanol–water partition coefficient (Wildman–Crippen LogP) is 2.29. The molecule has 0 aromatic carbocycles. The van der Waals surface area contributed by atoms with Gasteiger partial charge in [-0.25, -0.2) is 0 Å². The van der Waals surface area contributed by atoms with Gasteiger partial charge in [-0.15, -0.1) is 11.8 Å². The first-order valence-electron chi connectivity index (χ1n) is 4.09. The molecule has 1 atom stereocenters. The van der Waals surface area contributed by atoms with Gasteiger partial charge in [0.25, 0.3) is 0 Å². The van der Waals surface area contributed by atoms with Crippen LogP contribution < -0.4 is 5.32 Å². The fourth-order valence-corrected chi connectivity index (χ4v) is 2.07. The van der Waals surface area contributed by atoms with Crippen molar-refractivity contribution in [2.45, 2.75) is 24.0 Å². The van der Waals surface area contributed by atoms with Crippen molar-refractivity contribution in [2.75, 3.05) is 13.6 Å². The summed E-state index contributed by atoms with van der Waals surface area (Å²) < 4.78 is 5.20. The van der Waals surface area contributed by atoms with Crippen molar-refractivity contribution < 1.29 is 4.42 Å². The lowest BCUT2D eigenvalue weighted by molar-refractivity contribution is 0.526. The first-order chi connectivity index (χ1) is 5.74. The molecule has 68 valence electrons. The lowest BCUT2D eigenvalue weighted by Crippen LogP contribution is -2.17. The molecule has 1 N–H and O–H groups in total. The summed E-state index contributed by atoms with van der Waals surface area (Å²) in [6.07, 6.45) is 1.74. The van der Waals surface area contributed by atoms with E-state index in [9.17, 15) is 0 Å². The van der Waals surface area contributed by atoms with E-state index in [2.05, 4.69) is 12.2 Å². The molecule has 3 heteroatoms. The molecule has 0 aliphatic heterocycles. The number of furan rings is 1. The summed E-state index contributed by atoms with van der Waals surface area (Å²) in [7, 11) is 1.97. The molecule has 12 heavy (non-hydrogen) atoms. The molecule has 0 aliphatic rings. The summed E-state index contributed by atoms with van der Waals surface area (Å²) >= 11 is 1.85. The Morgan fingerprint density at radius 1 is 1.67 bits per heavy atom. The van der Waals surface area contributed by atoms with Gasteiger partial charge in [0.2, 0.25) is 0 Å². The highest BCUT2D eigenvalue weighted by molar-refractivity contribution is 8.00. The Bertz CT molecular complexity index is 234. The number of thioether (sulfide) groups is 1. The molecule has 1 heterocycles. The highest BCUT2D eigenvalue weighted by atomic mass is 32.2. The van der Waals surface area contributed by atoms with Crippen LogP contribution in [0.3, 0.4) is 0 Å². The average molecular weight is 185 g/mol. The molecule has 0 fully saturated rings. The van der Waals surface area contributed by atoms with Crippen molar-refractivity contribution in [2.24, 2.45) is 0 Å². The van der Waals surface area contributed by atoms with Crippen LogP contribution in [0.4, 0.5) is 0 Å². The van der Waals surface area contributed by atoms with Gasteiger partial charge in [0.05, 0.1) is 6.26 Å². The van der Waals surface area contributed by atoms with E-state index in [1.54, 1.807) is 6.26 Å². The minimum absolute atomic E-state index is 0.589. The summed E-state index contributed by atoms with van der Waals surface area (Å²) in [4.78, 5) is 1.25. The van der Waals surface area contributed by atoms with E-state index in [0.29, 0.717) is 5.25 Å². The second-order valence-corrected chi connectivity index (χ2v) is 4.31. The fourth-order valence-electron chi connectivity index (χ4n) is 1.04. The van der Waals surface area contributed by atoms with Gasteiger partial charge in [0.1, 0.15) is 5.76 Å². The van der Waals surface area contributed by atoms with Gasteiger partial charge >= 0.3 is 0 Å². The second-order valence-electron chi connectivity index (χ2n) is 2.83. The lowest BCUT2D eigenvalue weighted by atomic mass is 10.5. The van der Waals surface area contributed by atoms with Gasteiger partial charge in [-0.2, -0.15) is 0 Å². The topological polar surface area (TPSA) is 25.2 Å². The third-order valence-electron chi connectivity index (χ3n) is 1.63. The Kier molecular flexibility index (Phi) is 3.69. The van der Waals surface area contributed by atoms with Gasteiger partial charge in [0.15, 0.2) is 0 Å². The lowest BCUT2D eigenvalue weighted by Gasteiger charge is -2.08. The zero-order valence-electron chi connectivity index (χ0n) is 7.76. The summed E-state index contributed by atoms with van der Waals surface area (Å²) in [5, 5.41) is 3.74. The van der Waals surface area contributed by atoms with Crippen LogP contribution in [-0.4, -0.2) is 18.8 Å². The largest absolute Gasteiger partial charge is 0.468 e. The zero-order valence-corrected chi connectivity index (χ0v) is 8.57. The Hall–Kier alpha value is -0.410. The summed E-state index contributed by atoms with van der Waals surface area (Å²) in [6, 6.07) is 2.02. The quantitative estimate of drug-likeness (QED) is 0.729. The monoisotopic (exact) mass is 185 g/mol. The van der Waals surface area contributed by atoms with E-state index in [1.165, 1.54) is 4.90 Å². The first-order valence-corrected chi connectivity index (χ1v) is 4.97. The highest BCUT2D eigenvalue weighted by Gasteiger charge is 2.06. The molecule has 0 amide bonds. The van der Waals surface area contributed by atoms with Gasteiger partial charge in [-0.1, -0.05) is 6.92 Å². The Labute approximate surface area is 77.7 Å². The molecular formula is C9H15NOS. The molecule has 1 unspecified atom stereocenters. The standard InChI is InChI=1S/C9H15NOS/c1-7(6-10-3)12-9-4-5-11-8(9)2/h4-5,7,10H,6H2,1-3H3. The minimum Gasteiger partial charge on any atom is -0.468 e. The Morgan fingerprint density at radius 3 is 2.92 bits per heavy atom. The third-order valence-corrected chi connectivity index (χ3v) is 2.88.